The molecule has 0 heterocycles. The van der Waals surface area contributed by atoms with Gasteiger partial charge in [0.25, 0.3) is 0 Å². The Kier molecular flexibility index (Phi) is 4.15. The van der Waals surface area contributed by atoms with Gasteiger partial charge >= 0.3 is 11.7 Å². The largest absolute Gasteiger partial charge is 0.465 e. The van der Waals surface area contributed by atoms with Crippen molar-refractivity contribution in [2.75, 3.05) is 12.4 Å². The van der Waals surface area contributed by atoms with E-state index < -0.39 is 33.9 Å². The highest BCUT2D eigenvalue weighted by Crippen LogP contribution is 2.31. The first kappa shape index (κ1) is 14.6. The molecule has 102 valence electrons. The van der Waals surface area contributed by atoms with Gasteiger partial charge in [0.15, 0.2) is 0 Å². The molecule has 0 unspecified atom stereocenters. The monoisotopic (exact) mass is 270 g/mol. The van der Waals surface area contributed by atoms with Crippen LogP contribution in [0.1, 0.15) is 22.8 Å². The zero-order valence-electron chi connectivity index (χ0n) is 10.4. The number of amides is 1. The molecule has 0 saturated carbocycles. The molecule has 19 heavy (non-hydrogen) atoms. The third kappa shape index (κ3) is 2.84. The molecule has 0 saturated heterocycles. The Balaban J connectivity index is 3.63. The molecular weight excluding hydrogens is 259 g/mol. The number of nitro benzene ring substituents is 1. The number of carbonyl (C=O) groups excluding carboxylic acids is 2. The normalized spacial score (nSPS) is 9.89. The molecule has 1 N–H and O–H groups in total. The summed E-state index contributed by atoms with van der Waals surface area (Å²) in [7, 11) is 1.01. The van der Waals surface area contributed by atoms with E-state index in [0.29, 0.717) is 0 Å². The molecule has 0 aromatic heterocycles. The van der Waals surface area contributed by atoms with Crippen LogP contribution in [-0.4, -0.2) is 23.9 Å². The number of nitrogens with one attached hydrogen (secondary N) is 1. The van der Waals surface area contributed by atoms with Crippen molar-refractivity contribution >= 4 is 23.3 Å². The fourth-order valence-corrected chi connectivity index (χ4v) is 1.54. The number of carbonyl (C=O) groups is 2. The zero-order valence-corrected chi connectivity index (χ0v) is 10.4. The zero-order chi connectivity index (χ0) is 14.7. The molecule has 0 aliphatic heterocycles. The summed E-state index contributed by atoms with van der Waals surface area (Å²) in [5, 5.41) is 13.0. The third-order valence-corrected chi connectivity index (χ3v) is 2.33. The number of nitrogens with zero attached hydrogens (tertiary/aromatic N) is 1. The smallest absolute Gasteiger partial charge is 0.343 e. The molecule has 7 nitrogen and oxygen atoms in total. The second-order valence-electron chi connectivity index (χ2n) is 3.71. The number of aryl methyl sites for hydroxylation is 1. The Morgan fingerprint density at radius 1 is 1.47 bits per heavy atom. The summed E-state index contributed by atoms with van der Waals surface area (Å²) in [5.41, 5.74) is -1.47. The molecule has 1 amide bonds. The Hall–Kier alpha value is -2.51. The quantitative estimate of drug-likeness (QED) is 0.513. The SMILES string of the molecule is COC(=O)c1c(F)c([N+](=O)[O-])cc(C)c1NC(C)=O. The summed E-state index contributed by atoms with van der Waals surface area (Å²) in [6, 6.07) is 0.938. The molecule has 0 aliphatic rings. The maximum atomic E-state index is 14.0. The molecule has 0 atom stereocenters. The lowest BCUT2D eigenvalue weighted by molar-refractivity contribution is -0.387. The van der Waals surface area contributed by atoms with Gasteiger partial charge in [-0.2, -0.15) is 4.39 Å². The highest BCUT2D eigenvalue weighted by Gasteiger charge is 2.28. The first-order valence-electron chi connectivity index (χ1n) is 5.13. The van der Waals surface area contributed by atoms with Crippen LogP contribution < -0.4 is 5.32 Å². The summed E-state index contributed by atoms with van der Waals surface area (Å²) < 4.78 is 18.3. The topological polar surface area (TPSA) is 98.5 Å². The van der Waals surface area contributed by atoms with Crippen molar-refractivity contribution in [2.24, 2.45) is 0 Å². The van der Waals surface area contributed by atoms with Gasteiger partial charge in [-0.05, 0) is 12.5 Å². The van der Waals surface area contributed by atoms with Crippen molar-refractivity contribution in [1.29, 1.82) is 0 Å². The lowest BCUT2D eigenvalue weighted by Gasteiger charge is -2.12. The van der Waals surface area contributed by atoms with E-state index in [0.717, 1.165) is 13.2 Å². The highest BCUT2D eigenvalue weighted by molar-refractivity contribution is 6.02. The minimum Gasteiger partial charge on any atom is -0.465 e. The third-order valence-electron chi connectivity index (χ3n) is 2.33. The summed E-state index contributed by atoms with van der Waals surface area (Å²) in [4.78, 5) is 32.3. The van der Waals surface area contributed by atoms with Crippen LogP contribution in [0.3, 0.4) is 0 Å². The van der Waals surface area contributed by atoms with Crippen molar-refractivity contribution < 1.29 is 23.6 Å². The molecule has 0 aliphatic carbocycles. The van der Waals surface area contributed by atoms with E-state index in [1.807, 2.05) is 0 Å². The van der Waals surface area contributed by atoms with E-state index in [2.05, 4.69) is 10.1 Å². The van der Waals surface area contributed by atoms with Gasteiger partial charge in [-0.25, -0.2) is 4.79 Å². The van der Waals surface area contributed by atoms with Gasteiger partial charge in [-0.3, -0.25) is 14.9 Å². The molecule has 0 bridgehead atoms. The number of ether oxygens (including phenoxy) is 1. The average Bonchev–Trinajstić information content (AvgIpc) is 2.32. The van der Waals surface area contributed by atoms with E-state index in [1.54, 1.807) is 0 Å². The number of halogens is 1. The Morgan fingerprint density at radius 2 is 2.05 bits per heavy atom. The summed E-state index contributed by atoms with van der Waals surface area (Å²) in [6.45, 7) is 2.57. The summed E-state index contributed by atoms with van der Waals surface area (Å²) in [5.74, 6) is -2.99. The van der Waals surface area contributed by atoms with Gasteiger partial charge in [-0.1, -0.05) is 0 Å². The van der Waals surface area contributed by atoms with Gasteiger partial charge in [0, 0.05) is 13.0 Å². The number of nitro groups is 1. The minimum atomic E-state index is -1.34. The van der Waals surface area contributed by atoms with Gasteiger partial charge in [-0.15, -0.1) is 0 Å². The second kappa shape index (κ2) is 5.42. The standard InChI is InChI=1S/C11H11FN2O5/c1-5-4-7(14(17)18)9(12)8(11(16)19-3)10(5)13-6(2)15/h4H,1-3H3,(H,13,15). The molecule has 1 aromatic carbocycles. The van der Waals surface area contributed by atoms with E-state index in [1.165, 1.54) is 13.8 Å². The maximum Gasteiger partial charge on any atom is 0.343 e. The molecule has 0 spiro atoms. The number of hydrogen-bond donors (Lipinski definition) is 1. The van der Waals surface area contributed by atoms with Gasteiger partial charge in [0.2, 0.25) is 11.7 Å². The number of rotatable bonds is 3. The number of methoxy groups -OCH3 is 1. The number of esters is 1. The van der Waals surface area contributed by atoms with Crippen LogP contribution in [0.4, 0.5) is 15.8 Å². The van der Waals surface area contributed by atoms with Crippen LogP contribution in [-0.2, 0) is 9.53 Å². The molecular formula is C11H11FN2O5. The fraction of sp³-hybridized carbons (Fsp3) is 0.273. The van der Waals surface area contributed by atoms with E-state index in [9.17, 15) is 24.1 Å². The second-order valence-corrected chi connectivity index (χ2v) is 3.71. The van der Waals surface area contributed by atoms with Crippen molar-refractivity contribution in [1.82, 2.24) is 0 Å². The first-order chi connectivity index (χ1) is 8.79. The fourth-order valence-electron chi connectivity index (χ4n) is 1.54. The van der Waals surface area contributed by atoms with Gasteiger partial charge in [0.05, 0.1) is 17.7 Å². The lowest BCUT2D eigenvalue weighted by atomic mass is 10.1. The van der Waals surface area contributed by atoms with Crippen LogP contribution in [0.2, 0.25) is 0 Å². The highest BCUT2D eigenvalue weighted by atomic mass is 19.1. The lowest BCUT2D eigenvalue weighted by Crippen LogP contribution is -2.16. The van der Waals surface area contributed by atoms with Crippen LogP contribution >= 0.6 is 0 Å². The van der Waals surface area contributed by atoms with Crippen molar-refractivity contribution in [2.45, 2.75) is 13.8 Å². The number of anilines is 1. The predicted molar refractivity (Wildman–Crippen MR) is 63.4 cm³/mol. The Bertz CT molecular complexity index is 571. The van der Waals surface area contributed by atoms with E-state index in [-0.39, 0.29) is 11.3 Å². The van der Waals surface area contributed by atoms with Crippen LogP contribution in [0.15, 0.2) is 6.07 Å². The maximum absolute atomic E-state index is 14.0. The number of hydrogen-bond acceptors (Lipinski definition) is 5. The van der Waals surface area contributed by atoms with E-state index >= 15 is 0 Å². The number of benzene rings is 1. The Labute approximate surface area is 107 Å². The molecule has 1 aromatic rings. The molecule has 0 radical (unpaired) electrons. The first-order valence-corrected chi connectivity index (χ1v) is 5.13. The predicted octanol–water partition coefficient (Wildman–Crippen LogP) is 1.79. The molecule has 1 rings (SSSR count). The molecule has 8 heteroatoms. The van der Waals surface area contributed by atoms with Gasteiger partial charge < -0.3 is 10.1 Å². The van der Waals surface area contributed by atoms with Crippen molar-refractivity contribution in [3.63, 3.8) is 0 Å². The summed E-state index contributed by atoms with van der Waals surface area (Å²) in [6.07, 6.45) is 0. The van der Waals surface area contributed by atoms with Gasteiger partial charge in [0.1, 0.15) is 5.56 Å². The molecule has 0 fully saturated rings. The average molecular weight is 270 g/mol. The van der Waals surface area contributed by atoms with Crippen LogP contribution in [0.5, 0.6) is 0 Å². The van der Waals surface area contributed by atoms with E-state index in [4.69, 9.17) is 0 Å². The van der Waals surface area contributed by atoms with Crippen LogP contribution in [0.25, 0.3) is 0 Å². The van der Waals surface area contributed by atoms with Crippen molar-refractivity contribution in [3.8, 4) is 0 Å². The summed E-state index contributed by atoms with van der Waals surface area (Å²) >= 11 is 0. The Morgan fingerprint density at radius 3 is 2.47 bits per heavy atom. The van der Waals surface area contributed by atoms with Crippen LogP contribution in [0, 0.1) is 22.9 Å². The van der Waals surface area contributed by atoms with Crippen molar-refractivity contribution in [3.05, 3.63) is 33.1 Å². The minimum absolute atomic E-state index is 0.137.